The summed E-state index contributed by atoms with van der Waals surface area (Å²) in [5.74, 6) is 4.83. The smallest absolute Gasteiger partial charge is 0.228 e. The lowest BCUT2D eigenvalue weighted by atomic mass is 9.52. The van der Waals surface area contributed by atoms with Gasteiger partial charge in [0, 0.05) is 37.9 Å². The van der Waals surface area contributed by atoms with Crippen LogP contribution in [0.2, 0.25) is 0 Å². The van der Waals surface area contributed by atoms with Crippen molar-refractivity contribution in [1.29, 1.82) is 0 Å². The second kappa shape index (κ2) is 14.2. The Bertz CT molecular complexity index is 4700. The minimum atomic E-state index is 0.0672. The molecule has 9 aliphatic rings. The SMILES string of the molecule is CCC12CCC3c4cc(-c5ccccc5)c5c(oc6ncc7c(c8c9c%10c(c%11c%12c%13c(ncc%12n7c8%11)oc7c8c(cc(-c%11ccccc%11)c7%13)C7CC%11CC(C7)CC8C%11)CCc7cc(C(C)(C)C)cc(c7-%10)CC9)c65)c4CC1CC32. The average molecular weight is 1010 g/mol. The van der Waals surface area contributed by atoms with Gasteiger partial charge in [0.1, 0.15) is 11.2 Å². The van der Waals surface area contributed by atoms with Gasteiger partial charge in [-0.2, -0.15) is 0 Å². The molecule has 21 rings (SSSR count). The van der Waals surface area contributed by atoms with E-state index in [-0.39, 0.29) is 5.41 Å². The van der Waals surface area contributed by atoms with Crippen molar-refractivity contribution in [1.82, 2.24) is 14.4 Å². The summed E-state index contributed by atoms with van der Waals surface area (Å²) in [5.41, 5.74) is 29.8. The molecule has 0 saturated heterocycles. The molecule has 78 heavy (non-hydrogen) atoms. The van der Waals surface area contributed by atoms with Crippen LogP contribution in [0.15, 0.2) is 106 Å². The lowest BCUT2D eigenvalue weighted by Crippen LogP contribution is -2.46. The average Bonchev–Trinajstić information content (AvgIpc) is 2.98. The monoisotopic (exact) mass is 1010 g/mol. The van der Waals surface area contributed by atoms with Crippen molar-refractivity contribution in [2.45, 2.75) is 141 Å². The molecule has 5 heteroatoms. The number of aromatic nitrogens is 3. The van der Waals surface area contributed by atoms with Crippen molar-refractivity contribution in [3.05, 3.63) is 147 Å². The van der Waals surface area contributed by atoms with Gasteiger partial charge < -0.3 is 13.2 Å². The van der Waals surface area contributed by atoms with E-state index >= 15 is 0 Å². The summed E-state index contributed by atoms with van der Waals surface area (Å²) in [6.07, 6.45) is 21.5. The van der Waals surface area contributed by atoms with E-state index in [0.29, 0.717) is 29.1 Å². The van der Waals surface area contributed by atoms with Crippen LogP contribution in [0.25, 0.3) is 116 Å². The molecule has 6 unspecified atom stereocenters. The number of fused-ring (bicyclic) bond motifs is 21. The summed E-state index contributed by atoms with van der Waals surface area (Å²) >= 11 is 0. The molecule has 6 aromatic heterocycles. The van der Waals surface area contributed by atoms with Crippen LogP contribution in [0.1, 0.15) is 153 Å². The first-order chi connectivity index (χ1) is 38.2. The number of rotatable bonds is 3. The number of hydrogen-bond acceptors (Lipinski definition) is 4. The van der Waals surface area contributed by atoms with Crippen LogP contribution >= 0.6 is 0 Å². The van der Waals surface area contributed by atoms with E-state index in [4.69, 9.17) is 18.8 Å². The van der Waals surface area contributed by atoms with E-state index in [0.717, 1.165) is 83.5 Å². The van der Waals surface area contributed by atoms with E-state index in [1.165, 1.54) is 179 Å². The molecular formula is C73H63N3O2. The zero-order chi connectivity index (χ0) is 51.0. The molecule has 9 aliphatic carbocycles. The van der Waals surface area contributed by atoms with Crippen molar-refractivity contribution < 1.29 is 8.83 Å². The van der Waals surface area contributed by atoms with Gasteiger partial charge in [0.25, 0.3) is 0 Å². The summed E-state index contributed by atoms with van der Waals surface area (Å²) in [5, 5.41) is 10.3. The first kappa shape index (κ1) is 43.0. The normalized spacial score (nSPS) is 26.3. The molecule has 4 fully saturated rings. The zero-order valence-electron chi connectivity index (χ0n) is 45.3. The van der Waals surface area contributed by atoms with Gasteiger partial charge in [-0.25, -0.2) is 9.97 Å². The highest BCUT2D eigenvalue weighted by Gasteiger charge is 2.62. The van der Waals surface area contributed by atoms with Crippen molar-refractivity contribution in [3.8, 4) is 33.4 Å². The summed E-state index contributed by atoms with van der Waals surface area (Å²) < 4.78 is 17.6. The number of aryl methyl sites for hydroxylation is 4. The summed E-state index contributed by atoms with van der Waals surface area (Å²) in [6, 6.07) is 33.1. The summed E-state index contributed by atoms with van der Waals surface area (Å²) in [7, 11) is 0. The van der Waals surface area contributed by atoms with Gasteiger partial charge in [0.05, 0.1) is 39.7 Å². The molecule has 0 radical (unpaired) electrons. The van der Waals surface area contributed by atoms with Crippen molar-refractivity contribution in [2.75, 3.05) is 0 Å². The predicted octanol–water partition coefficient (Wildman–Crippen LogP) is 18.8. The van der Waals surface area contributed by atoms with Crippen LogP contribution in [0.4, 0.5) is 0 Å². The fourth-order valence-corrected chi connectivity index (χ4v) is 20.4. The van der Waals surface area contributed by atoms with Gasteiger partial charge >= 0.3 is 0 Å². The van der Waals surface area contributed by atoms with Crippen LogP contribution in [0.5, 0.6) is 0 Å². The minimum Gasteiger partial charge on any atom is -0.437 e. The number of hydrogen-bond donors (Lipinski definition) is 0. The van der Waals surface area contributed by atoms with E-state index in [1.807, 2.05) is 0 Å². The maximum Gasteiger partial charge on any atom is 0.228 e. The van der Waals surface area contributed by atoms with Gasteiger partial charge in [-0.3, -0.25) is 0 Å². The largest absolute Gasteiger partial charge is 0.437 e. The van der Waals surface area contributed by atoms with Crippen molar-refractivity contribution >= 4 is 82.2 Å². The van der Waals surface area contributed by atoms with Gasteiger partial charge in [-0.05, 0) is 232 Å². The van der Waals surface area contributed by atoms with Gasteiger partial charge in [-0.1, -0.05) is 100 Å². The molecule has 0 aliphatic heterocycles. The van der Waals surface area contributed by atoms with E-state index in [9.17, 15) is 0 Å². The van der Waals surface area contributed by atoms with Crippen LogP contribution in [0, 0.1) is 29.1 Å². The maximum atomic E-state index is 7.51. The molecule has 6 bridgehead atoms. The van der Waals surface area contributed by atoms with Crippen LogP contribution in [0.3, 0.4) is 0 Å². The van der Waals surface area contributed by atoms with Gasteiger partial charge in [-0.15, -0.1) is 0 Å². The lowest BCUT2D eigenvalue weighted by molar-refractivity contribution is -0.0317. The lowest BCUT2D eigenvalue weighted by Gasteiger charge is -2.53. The summed E-state index contributed by atoms with van der Waals surface area (Å²) in [4.78, 5) is 11.0. The first-order valence-electron chi connectivity index (χ1n) is 30.3. The Morgan fingerprint density at radius 2 is 1.18 bits per heavy atom. The third kappa shape index (κ3) is 5.03. The Labute approximate surface area is 453 Å². The third-order valence-corrected chi connectivity index (χ3v) is 23.5. The maximum absolute atomic E-state index is 7.51. The molecule has 12 aromatic rings. The standard InChI is InChI=1S/C73H63N3O2/c1-5-73-21-20-45-51-32-49(38-14-10-7-11-15-38)61-65-63-54(33-74-70(65)77-68(61)52(51)29-44(73)30-53(45)73)76-55-34-75-71-66(62-48(37-12-8-6-9-13-37)31-50-41-23-35-22-36(24-41)26-42(25-35)57(50)69(62)78-71)64(55)60-47-19-17-40-28-43(72(2,3)4)27-39-16-18-46(58(47)56(39)40)59(63)67(60)76/h6-15,27-28,31-36,41-42,44-45,53H,5,16-26,29-30H2,1-4H3. The molecular weight excluding hydrogens is 951 g/mol. The highest BCUT2D eigenvalue weighted by Crippen LogP contribution is 2.71. The molecule has 6 atom stereocenters. The fraction of sp³-hybridized carbons (Fsp3) is 0.370. The molecule has 5 nitrogen and oxygen atoms in total. The Hall–Kier alpha value is -6.98. The van der Waals surface area contributed by atoms with Crippen LogP contribution < -0.4 is 0 Å². The minimum absolute atomic E-state index is 0.0672. The Morgan fingerprint density at radius 3 is 1.79 bits per heavy atom. The number of pyridine rings is 2. The van der Waals surface area contributed by atoms with Crippen molar-refractivity contribution in [3.63, 3.8) is 0 Å². The second-order valence-electron chi connectivity index (χ2n) is 27.6. The highest BCUT2D eigenvalue weighted by atomic mass is 16.3. The number of benzene rings is 6. The molecule has 6 aromatic carbocycles. The topological polar surface area (TPSA) is 56.5 Å². The van der Waals surface area contributed by atoms with Crippen LogP contribution in [-0.2, 0) is 37.5 Å². The number of furan rings is 2. The molecule has 382 valence electrons. The van der Waals surface area contributed by atoms with Crippen molar-refractivity contribution in [2.24, 2.45) is 29.1 Å². The zero-order valence-corrected chi connectivity index (χ0v) is 45.3. The van der Waals surface area contributed by atoms with E-state index in [1.54, 1.807) is 11.1 Å². The Morgan fingerprint density at radius 1 is 0.590 bits per heavy atom. The third-order valence-electron chi connectivity index (χ3n) is 23.5. The highest BCUT2D eigenvalue weighted by molar-refractivity contribution is 6.39. The molecule has 0 N–H and O–H groups in total. The van der Waals surface area contributed by atoms with Gasteiger partial charge in [0.15, 0.2) is 0 Å². The summed E-state index contributed by atoms with van der Waals surface area (Å²) in [6.45, 7) is 9.65. The van der Waals surface area contributed by atoms with Gasteiger partial charge in [0.2, 0.25) is 11.4 Å². The Kier molecular flexibility index (Phi) is 7.85. The van der Waals surface area contributed by atoms with E-state index in [2.05, 4.69) is 129 Å². The molecule has 4 saturated carbocycles. The second-order valence-corrected chi connectivity index (χ2v) is 27.6. The van der Waals surface area contributed by atoms with E-state index < -0.39 is 0 Å². The fourth-order valence-electron chi connectivity index (χ4n) is 20.4. The number of nitrogens with zero attached hydrogens (tertiary/aromatic N) is 3. The molecule has 0 spiro atoms. The molecule has 6 heterocycles. The first-order valence-corrected chi connectivity index (χ1v) is 30.3. The molecule has 0 amide bonds. The predicted molar refractivity (Wildman–Crippen MR) is 317 cm³/mol. The quantitative estimate of drug-likeness (QED) is 0.177. The Balaban J connectivity index is 0.978. The van der Waals surface area contributed by atoms with Crippen LogP contribution in [-0.4, -0.2) is 14.4 Å².